The Labute approximate surface area is 214 Å². The predicted octanol–water partition coefficient (Wildman–Crippen LogP) is 10.1. The van der Waals surface area contributed by atoms with Crippen LogP contribution in [0.2, 0.25) is 0 Å². The number of benzene rings is 7. The van der Waals surface area contributed by atoms with Crippen LogP contribution in [0.5, 0.6) is 0 Å². The van der Waals surface area contributed by atoms with Gasteiger partial charge in [-0.25, -0.2) is 0 Å². The van der Waals surface area contributed by atoms with Crippen molar-refractivity contribution < 1.29 is 0 Å². The molecule has 1 heteroatoms. The van der Waals surface area contributed by atoms with E-state index in [-0.39, 0.29) is 0 Å². The number of aromatic nitrogens is 1. The van der Waals surface area contributed by atoms with Gasteiger partial charge in [-0.15, -0.1) is 0 Å². The number of aromatic amines is 1. The van der Waals surface area contributed by atoms with E-state index in [1.807, 2.05) is 0 Å². The maximum absolute atomic E-state index is 3.80. The molecule has 0 aliphatic carbocycles. The van der Waals surface area contributed by atoms with Crippen LogP contribution in [-0.2, 0) is 0 Å². The molecule has 0 aliphatic rings. The Kier molecular flexibility index (Phi) is 4.29. The summed E-state index contributed by atoms with van der Waals surface area (Å²) < 4.78 is 0. The highest BCUT2D eigenvalue weighted by Gasteiger charge is 2.13. The first-order valence-electron chi connectivity index (χ1n) is 12.8. The third kappa shape index (κ3) is 3.04. The van der Waals surface area contributed by atoms with E-state index in [4.69, 9.17) is 0 Å². The first kappa shape index (κ1) is 20.3. The van der Waals surface area contributed by atoms with Crippen LogP contribution < -0.4 is 0 Å². The van der Waals surface area contributed by atoms with Gasteiger partial charge in [-0.1, -0.05) is 121 Å². The molecule has 0 amide bonds. The first-order chi connectivity index (χ1) is 18.3. The Morgan fingerprint density at radius 2 is 0.946 bits per heavy atom. The van der Waals surface area contributed by atoms with Crippen LogP contribution in [0, 0.1) is 0 Å². The fourth-order valence-electron chi connectivity index (χ4n) is 6.06. The average Bonchev–Trinajstić information content (AvgIpc) is 3.36. The van der Waals surface area contributed by atoms with Gasteiger partial charge in [0.25, 0.3) is 0 Å². The van der Waals surface area contributed by atoms with Crippen molar-refractivity contribution in [2.45, 2.75) is 0 Å². The lowest BCUT2D eigenvalue weighted by molar-refractivity contribution is 1.55. The first-order valence-corrected chi connectivity index (χ1v) is 12.8. The molecular formula is C36H23N. The minimum absolute atomic E-state index is 1.19. The van der Waals surface area contributed by atoms with Crippen LogP contribution in [0.3, 0.4) is 0 Å². The van der Waals surface area contributed by atoms with Crippen molar-refractivity contribution in [3.63, 3.8) is 0 Å². The van der Waals surface area contributed by atoms with Gasteiger partial charge in [0.05, 0.1) is 11.0 Å². The van der Waals surface area contributed by atoms with Gasteiger partial charge < -0.3 is 4.98 Å². The number of fused-ring (bicyclic) bond motifs is 8. The molecule has 0 radical (unpaired) electrons. The predicted molar refractivity (Wildman–Crippen MR) is 159 cm³/mol. The van der Waals surface area contributed by atoms with Gasteiger partial charge in [0, 0.05) is 21.7 Å². The van der Waals surface area contributed by atoms with Gasteiger partial charge in [-0.2, -0.15) is 0 Å². The summed E-state index contributed by atoms with van der Waals surface area (Å²) in [7, 11) is 0. The zero-order chi connectivity index (χ0) is 24.3. The van der Waals surface area contributed by atoms with Crippen molar-refractivity contribution in [3.8, 4) is 22.3 Å². The quantitative estimate of drug-likeness (QED) is 0.242. The standard InChI is InChI=1S/C36H23N/c1-4-14-28-23(9-1)19-20-33-32-18-8-17-29(36(32)37-35(28)33)24-11-7-12-25(21-24)34-22-26-10-2-3-13-27(26)30-15-5-6-16-31(30)34/h1-22,37H. The molecule has 8 rings (SSSR count). The van der Waals surface area contributed by atoms with Crippen molar-refractivity contribution in [2.24, 2.45) is 0 Å². The Bertz CT molecular complexity index is 2140. The third-order valence-corrected chi connectivity index (χ3v) is 7.79. The Morgan fingerprint density at radius 1 is 0.324 bits per heavy atom. The topological polar surface area (TPSA) is 15.8 Å². The summed E-state index contributed by atoms with van der Waals surface area (Å²) in [5.74, 6) is 0. The highest BCUT2D eigenvalue weighted by molar-refractivity contribution is 6.19. The van der Waals surface area contributed by atoms with E-state index < -0.39 is 0 Å². The van der Waals surface area contributed by atoms with Crippen LogP contribution in [0.1, 0.15) is 0 Å². The molecule has 0 saturated carbocycles. The number of para-hydroxylation sites is 1. The molecule has 0 atom stereocenters. The molecule has 37 heavy (non-hydrogen) atoms. The lowest BCUT2D eigenvalue weighted by atomic mass is 9.91. The van der Waals surface area contributed by atoms with Crippen LogP contribution >= 0.6 is 0 Å². The Morgan fingerprint density at radius 3 is 1.81 bits per heavy atom. The Hall–Kier alpha value is -4.88. The summed E-state index contributed by atoms with van der Waals surface area (Å²) in [4.78, 5) is 3.80. The molecular weight excluding hydrogens is 446 g/mol. The van der Waals surface area contributed by atoms with E-state index in [9.17, 15) is 0 Å². The van der Waals surface area contributed by atoms with Crippen molar-refractivity contribution in [3.05, 3.63) is 133 Å². The van der Waals surface area contributed by atoms with E-state index >= 15 is 0 Å². The van der Waals surface area contributed by atoms with Gasteiger partial charge in [0.1, 0.15) is 0 Å². The zero-order valence-electron chi connectivity index (χ0n) is 20.2. The summed E-state index contributed by atoms with van der Waals surface area (Å²) in [6.45, 7) is 0. The normalized spacial score (nSPS) is 11.8. The van der Waals surface area contributed by atoms with E-state index in [0.29, 0.717) is 0 Å². The lowest BCUT2D eigenvalue weighted by Gasteiger charge is -2.12. The summed E-state index contributed by atoms with van der Waals surface area (Å²) in [5, 5.41) is 10.2. The number of hydrogen-bond donors (Lipinski definition) is 1. The van der Waals surface area contributed by atoms with Gasteiger partial charge in [0.15, 0.2) is 0 Å². The molecule has 0 aliphatic heterocycles. The highest BCUT2D eigenvalue weighted by Crippen LogP contribution is 2.39. The summed E-state index contributed by atoms with van der Waals surface area (Å²) >= 11 is 0. The average molecular weight is 470 g/mol. The number of rotatable bonds is 2. The number of hydrogen-bond acceptors (Lipinski definition) is 0. The summed E-state index contributed by atoms with van der Waals surface area (Å²) in [6, 6.07) is 48.5. The fourth-order valence-corrected chi connectivity index (χ4v) is 6.06. The lowest BCUT2D eigenvalue weighted by Crippen LogP contribution is -1.86. The fraction of sp³-hybridized carbons (Fsp3) is 0. The van der Waals surface area contributed by atoms with Crippen molar-refractivity contribution >= 4 is 54.1 Å². The second kappa shape index (κ2) is 7.81. The molecule has 172 valence electrons. The van der Waals surface area contributed by atoms with Gasteiger partial charge in [0.2, 0.25) is 0 Å². The molecule has 0 spiro atoms. The summed E-state index contributed by atoms with van der Waals surface area (Å²) in [5.41, 5.74) is 7.34. The number of H-pyrrole nitrogens is 1. The molecule has 7 aromatic carbocycles. The minimum Gasteiger partial charge on any atom is -0.353 e. The second-order valence-electron chi connectivity index (χ2n) is 9.83. The van der Waals surface area contributed by atoms with E-state index in [0.717, 1.165) is 0 Å². The van der Waals surface area contributed by atoms with E-state index in [1.54, 1.807) is 0 Å². The largest absolute Gasteiger partial charge is 0.353 e. The zero-order valence-corrected chi connectivity index (χ0v) is 20.2. The molecule has 0 fully saturated rings. The molecule has 1 heterocycles. The van der Waals surface area contributed by atoms with Crippen molar-refractivity contribution in [2.75, 3.05) is 0 Å². The van der Waals surface area contributed by atoms with Crippen LogP contribution in [-0.4, -0.2) is 4.98 Å². The molecule has 1 N–H and O–H groups in total. The maximum atomic E-state index is 3.80. The van der Waals surface area contributed by atoms with Gasteiger partial charge in [-0.05, 0) is 55.8 Å². The van der Waals surface area contributed by atoms with Crippen LogP contribution in [0.25, 0.3) is 76.4 Å². The van der Waals surface area contributed by atoms with Crippen molar-refractivity contribution in [1.82, 2.24) is 4.98 Å². The smallest absolute Gasteiger partial charge is 0.0544 e. The summed E-state index contributed by atoms with van der Waals surface area (Å²) in [6.07, 6.45) is 0. The number of nitrogens with one attached hydrogen (secondary N) is 1. The molecule has 0 bridgehead atoms. The second-order valence-corrected chi connectivity index (χ2v) is 9.83. The highest BCUT2D eigenvalue weighted by atomic mass is 14.7. The van der Waals surface area contributed by atoms with Crippen LogP contribution in [0.4, 0.5) is 0 Å². The SMILES string of the molecule is c1cc(-c2cc3ccccc3c3ccccc23)cc(-c2cccc3c2[nH]c2c4ccccc4ccc32)c1. The minimum atomic E-state index is 1.19. The molecule has 8 aromatic rings. The Balaban J connectivity index is 1.37. The van der Waals surface area contributed by atoms with Gasteiger partial charge in [-0.3, -0.25) is 0 Å². The molecule has 0 unspecified atom stereocenters. The van der Waals surface area contributed by atoms with Crippen molar-refractivity contribution in [1.29, 1.82) is 0 Å². The maximum Gasteiger partial charge on any atom is 0.0544 e. The monoisotopic (exact) mass is 469 g/mol. The van der Waals surface area contributed by atoms with Gasteiger partial charge >= 0.3 is 0 Å². The van der Waals surface area contributed by atoms with E-state index in [2.05, 4.69) is 138 Å². The molecule has 1 aromatic heterocycles. The molecule has 0 saturated heterocycles. The van der Waals surface area contributed by atoms with E-state index in [1.165, 1.54) is 76.4 Å². The van der Waals surface area contributed by atoms with Crippen LogP contribution in [0.15, 0.2) is 133 Å². The molecule has 1 nitrogen and oxygen atoms in total. The third-order valence-electron chi connectivity index (χ3n) is 7.79.